The quantitative estimate of drug-likeness (QED) is 0.283. The maximum Gasteiger partial charge on any atom is 0.408 e. The van der Waals surface area contributed by atoms with Crippen molar-refractivity contribution in [3.05, 3.63) is 71.8 Å². The zero-order valence-electron chi connectivity index (χ0n) is 21.3. The fraction of sp³-hybridized carbons (Fsp3) is 0.407. The van der Waals surface area contributed by atoms with Crippen LogP contribution in [0.5, 0.6) is 0 Å². The summed E-state index contributed by atoms with van der Waals surface area (Å²) in [6.07, 6.45) is -1.43. The van der Waals surface area contributed by atoms with E-state index in [1.54, 1.807) is 45.0 Å². The molecule has 0 aliphatic heterocycles. The number of alkyl carbamates (subject to hydrolysis) is 2. The largest absolute Gasteiger partial charge is 0.480 e. The van der Waals surface area contributed by atoms with E-state index in [2.05, 4.69) is 10.6 Å². The number of rotatable bonds is 12. The monoisotopic (exact) mass is 514 g/mol. The topological polar surface area (TPSA) is 140 Å². The average molecular weight is 515 g/mol. The average Bonchev–Trinajstić information content (AvgIpc) is 2.84. The second kappa shape index (κ2) is 14.5. The summed E-state index contributed by atoms with van der Waals surface area (Å²) in [5.41, 5.74) is 0.761. The molecule has 2 amide bonds. The fourth-order valence-corrected chi connectivity index (χ4v) is 3.22. The van der Waals surface area contributed by atoms with E-state index < -0.39 is 41.8 Å². The van der Waals surface area contributed by atoms with Crippen molar-refractivity contribution in [2.45, 2.75) is 70.9 Å². The standard InChI is InChI=1S/C27H34N2O8/c1-27(2,3)37-26(34)28-21(23(30)31)15-10-16-22(24(32)35-17-19-11-6-4-7-12-19)29-25(33)36-18-20-13-8-5-9-14-20/h4-9,11-14,21-22H,10,15-18H2,1-3H3,(H,28,34)(H,29,33)(H,30,31)/t21-,22+/m0/s1. The van der Waals surface area contributed by atoms with Gasteiger partial charge in [0.05, 0.1) is 0 Å². The molecular weight excluding hydrogens is 480 g/mol. The van der Waals surface area contributed by atoms with Crippen LogP contribution in [0.4, 0.5) is 9.59 Å². The summed E-state index contributed by atoms with van der Waals surface area (Å²) in [5, 5.41) is 14.3. The molecule has 0 heterocycles. The molecule has 0 aliphatic carbocycles. The Morgan fingerprint density at radius 2 is 1.24 bits per heavy atom. The van der Waals surface area contributed by atoms with E-state index in [-0.39, 0.29) is 32.5 Å². The Hall–Kier alpha value is -4.08. The van der Waals surface area contributed by atoms with Crippen molar-refractivity contribution < 1.29 is 38.5 Å². The number of benzene rings is 2. The van der Waals surface area contributed by atoms with E-state index in [0.29, 0.717) is 0 Å². The molecule has 0 aliphatic rings. The molecule has 2 aromatic carbocycles. The van der Waals surface area contributed by atoms with E-state index >= 15 is 0 Å². The van der Waals surface area contributed by atoms with Crippen LogP contribution >= 0.6 is 0 Å². The zero-order valence-corrected chi connectivity index (χ0v) is 21.3. The lowest BCUT2D eigenvalue weighted by atomic mass is 10.1. The first kappa shape index (κ1) is 29.2. The minimum atomic E-state index is -1.25. The molecule has 0 fully saturated rings. The minimum absolute atomic E-state index is 0.00220. The van der Waals surface area contributed by atoms with Crippen molar-refractivity contribution in [3.63, 3.8) is 0 Å². The number of carboxylic acids is 1. The molecule has 0 saturated heterocycles. The molecule has 0 radical (unpaired) electrons. The Labute approximate surface area is 216 Å². The van der Waals surface area contributed by atoms with Gasteiger partial charge in [0, 0.05) is 0 Å². The molecule has 0 unspecified atom stereocenters. The van der Waals surface area contributed by atoms with Gasteiger partial charge in [-0.1, -0.05) is 60.7 Å². The van der Waals surface area contributed by atoms with Crippen LogP contribution in [0.1, 0.15) is 51.2 Å². The fourth-order valence-electron chi connectivity index (χ4n) is 3.22. The van der Waals surface area contributed by atoms with Crippen LogP contribution in [0.15, 0.2) is 60.7 Å². The van der Waals surface area contributed by atoms with Crippen molar-refractivity contribution in [1.29, 1.82) is 0 Å². The van der Waals surface area contributed by atoms with E-state index in [1.165, 1.54) is 0 Å². The Balaban J connectivity index is 1.96. The third-order valence-corrected chi connectivity index (χ3v) is 4.99. The molecule has 10 nitrogen and oxygen atoms in total. The highest BCUT2D eigenvalue weighted by atomic mass is 16.6. The van der Waals surface area contributed by atoms with Crippen molar-refractivity contribution in [1.82, 2.24) is 10.6 Å². The summed E-state index contributed by atoms with van der Waals surface area (Å²) in [5.74, 6) is -1.93. The second-order valence-electron chi connectivity index (χ2n) is 9.32. The van der Waals surface area contributed by atoms with Gasteiger partial charge in [-0.15, -0.1) is 0 Å². The van der Waals surface area contributed by atoms with Gasteiger partial charge in [-0.25, -0.2) is 19.2 Å². The number of aliphatic carboxylic acids is 1. The molecule has 37 heavy (non-hydrogen) atoms. The number of amides is 2. The highest BCUT2D eigenvalue weighted by molar-refractivity contribution is 5.81. The van der Waals surface area contributed by atoms with Crippen molar-refractivity contribution in [2.75, 3.05) is 0 Å². The highest BCUT2D eigenvalue weighted by Gasteiger charge is 2.27. The van der Waals surface area contributed by atoms with Crippen LogP contribution in [0.25, 0.3) is 0 Å². The zero-order chi connectivity index (χ0) is 27.3. The molecule has 10 heteroatoms. The number of nitrogens with one attached hydrogen (secondary N) is 2. The lowest BCUT2D eigenvalue weighted by molar-refractivity contribution is -0.147. The van der Waals surface area contributed by atoms with Gasteiger partial charge in [0.15, 0.2) is 0 Å². The molecule has 200 valence electrons. The number of carbonyl (C=O) groups excluding carboxylic acids is 3. The Morgan fingerprint density at radius 3 is 1.76 bits per heavy atom. The molecule has 0 aromatic heterocycles. The summed E-state index contributed by atoms with van der Waals surface area (Å²) < 4.78 is 15.7. The van der Waals surface area contributed by atoms with Crippen LogP contribution in [-0.2, 0) is 37.0 Å². The third-order valence-electron chi connectivity index (χ3n) is 4.99. The lowest BCUT2D eigenvalue weighted by Gasteiger charge is -2.22. The van der Waals surface area contributed by atoms with Crippen LogP contribution in [0.3, 0.4) is 0 Å². The van der Waals surface area contributed by atoms with Gasteiger partial charge in [-0.2, -0.15) is 0 Å². The first-order chi connectivity index (χ1) is 17.5. The van der Waals surface area contributed by atoms with Crippen molar-refractivity contribution in [2.24, 2.45) is 0 Å². The molecule has 2 rings (SSSR count). The van der Waals surface area contributed by atoms with E-state index in [0.717, 1.165) is 11.1 Å². The smallest absolute Gasteiger partial charge is 0.408 e. The van der Waals surface area contributed by atoms with Gasteiger partial charge in [0.25, 0.3) is 0 Å². The summed E-state index contributed by atoms with van der Waals surface area (Å²) >= 11 is 0. The number of ether oxygens (including phenoxy) is 3. The Morgan fingerprint density at radius 1 is 0.757 bits per heavy atom. The number of hydrogen-bond acceptors (Lipinski definition) is 7. The van der Waals surface area contributed by atoms with Gasteiger partial charge in [0.2, 0.25) is 0 Å². The maximum absolute atomic E-state index is 12.8. The van der Waals surface area contributed by atoms with Crippen LogP contribution in [0.2, 0.25) is 0 Å². The molecule has 0 spiro atoms. The van der Waals surface area contributed by atoms with Gasteiger partial charge in [-0.05, 0) is 51.2 Å². The molecular formula is C27H34N2O8. The number of hydrogen-bond donors (Lipinski definition) is 3. The molecule has 2 atom stereocenters. The van der Waals surface area contributed by atoms with Crippen molar-refractivity contribution >= 4 is 24.1 Å². The van der Waals surface area contributed by atoms with E-state index in [1.807, 2.05) is 36.4 Å². The Bertz CT molecular complexity index is 1020. The van der Waals surface area contributed by atoms with Gasteiger partial charge in [0.1, 0.15) is 30.9 Å². The summed E-state index contributed by atoms with van der Waals surface area (Å²) in [4.78, 5) is 48.8. The molecule has 0 bridgehead atoms. The Kier molecular flexibility index (Phi) is 11.4. The number of carboxylic acid groups (broad SMARTS) is 1. The summed E-state index contributed by atoms with van der Waals surface area (Å²) in [6.45, 7) is 5.01. The normalized spacial score (nSPS) is 12.5. The van der Waals surface area contributed by atoms with Crippen molar-refractivity contribution in [3.8, 4) is 0 Å². The van der Waals surface area contributed by atoms with Gasteiger partial charge < -0.3 is 30.0 Å². The van der Waals surface area contributed by atoms with Crippen LogP contribution < -0.4 is 10.6 Å². The number of esters is 1. The van der Waals surface area contributed by atoms with Crippen LogP contribution in [-0.4, -0.2) is 46.9 Å². The highest BCUT2D eigenvalue weighted by Crippen LogP contribution is 2.11. The predicted molar refractivity (Wildman–Crippen MR) is 134 cm³/mol. The SMILES string of the molecule is CC(C)(C)OC(=O)N[C@@H](CCC[C@@H](NC(=O)OCc1ccccc1)C(=O)OCc1ccccc1)C(=O)O. The maximum atomic E-state index is 12.8. The lowest BCUT2D eigenvalue weighted by Crippen LogP contribution is -2.44. The third kappa shape index (κ3) is 11.9. The van der Waals surface area contributed by atoms with Gasteiger partial charge in [-0.3, -0.25) is 0 Å². The first-order valence-corrected chi connectivity index (χ1v) is 11.9. The summed E-state index contributed by atoms with van der Waals surface area (Å²) in [6, 6.07) is 15.8. The minimum Gasteiger partial charge on any atom is -0.480 e. The predicted octanol–water partition coefficient (Wildman–Crippen LogP) is 4.17. The first-order valence-electron chi connectivity index (χ1n) is 11.9. The molecule has 2 aromatic rings. The molecule has 0 saturated carbocycles. The van der Waals surface area contributed by atoms with Crippen LogP contribution in [0, 0.1) is 0 Å². The number of carbonyl (C=O) groups is 4. The summed E-state index contributed by atoms with van der Waals surface area (Å²) in [7, 11) is 0. The second-order valence-corrected chi connectivity index (χ2v) is 9.32. The van der Waals surface area contributed by atoms with E-state index in [4.69, 9.17) is 14.2 Å². The van der Waals surface area contributed by atoms with E-state index in [9.17, 15) is 24.3 Å². The molecule has 3 N–H and O–H groups in total. The van der Waals surface area contributed by atoms with Gasteiger partial charge >= 0.3 is 24.1 Å².